The van der Waals surface area contributed by atoms with Crippen molar-refractivity contribution in [2.75, 3.05) is 18.0 Å². The topological polar surface area (TPSA) is 143 Å². The molecule has 1 fully saturated rings. The number of carbonyl (C=O) groups excluding carboxylic acids is 2. The maximum absolute atomic E-state index is 13.5. The molecule has 0 radical (unpaired) electrons. The third-order valence-electron chi connectivity index (χ3n) is 6.51. The number of benzene rings is 2. The Bertz CT molecular complexity index is 1610. The number of nitrogens with zero attached hydrogens (tertiary/aromatic N) is 3. The van der Waals surface area contributed by atoms with Crippen LogP contribution in [0.5, 0.6) is 0 Å². The molecule has 1 aromatic heterocycles. The van der Waals surface area contributed by atoms with E-state index in [9.17, 15) is 37.1 Å². The molecule has 40 heavy (non-hydrogen) atoms. The van der Waals surface area contributed by atoms with Crippen molar-refractivity contribution >= 4 is 23.6 Å². The molecule has 0 aliphatic carbocycles. The summed E-state index contributed by atoms with van der Waals surface area (Å²) in [6.07, 6.45) is -3.73. The van der Waals surface area contributed by atoms with E-state index in [1.807, 2.05) is 0 Å². The number of amides is 3. The van der Waals surface area contributed by atoms with Gasteiger partial charge in [-0.05, 0) is 55.3 Å². The summed E-state index contributed by atoms with van der Waals surface area (Å²) >= 11 is 0. The summed E-state index contributed by atoms with van der Waals surface area (Å²) < 4.78 is 42.0. The lowest BCUT2D eigenvalue weighted by atomic mass is 10.0. The number of aromatic nitrogens is 2. The van der Waals surface area contributed by atoms with Crippen LogP contribution in [0, 0.1) is 6.92 Å². The number of nitrogens with one attached hydrogen (secondary N) is 2. The average molecular weight is 560 g/mol. The molecule has 0 saturated carbocycles. The predicted octanol–water partition coefficient (Wildman–Crippen LogP) is 2.11. The van der Waals surface area contributed by atoms with E-state index in [2.05, 4.69) is 10.6 Å². The van der Waals surface area contributed by atoms with Gasteiger partial charge >= 0.3 is 23.9 Å². The molecule has 1 saturated heterocycles. The number of hydrogen-bond acceptors (Lipinski definition) is 5. The van der Waals surface area contributed by atoms with E-state index >= 15 is 0 Å². The highest BCUT2D eigenvalue weighted by Crippen LogP contribution is 2.33. The van der Waals surface area contributed by atoms with Crippen LogP contribution >= 0.6 is 0 Å². The third-order valence-corrected chi connectivity index (χ3v) is 6.51. The number of carboxylic acids is 1. The molecule has 0 bridgehead atoms. The molecule has 210 valence electrons. The number of aliphatic carboxylic acids is 1. The van der Waals surface area contributed by atoms with Gasteiger partial charge in [-0.3, -0.25) is 28.4 Å². The van der Waals surface area contributed by atoms with Gasteiger partial charge < -0.3 is 15.7 Å². The van der Waals surface area contributed by atoms with Crippen LogP contribution in [0.1, 0.15) is 34.0 Å². The van der Waals surface area contributed by atoms with Crippen LogP contribution in [0.15, 0.2) is 58.3 Å². The maximum Gasteiger partial charge on any atom is 0.416 e. The third kappa shape index (κ3) is 5.46. The molecular weight excluding hydrogens is 535 g/mol. The second kappa shape index (κ2) is 10.7. The van der Waals surface area contributed by atoms with Gasteiger partial charge in [0.2, 0.25) is 0 Å². The fourth-order valence-electron chi connectivity index (χ4n) is 4.26. The van der Waals surface area contributed by atoms with Crippen molar-refractivity contribution in [2.45, 2.75) is 32.6 Å². The molecule has 3 N–H and O–H groups in total. The zero-order chi connectivity index (χ0) is 29.4. The first-order valence-electron chi connectivity index (χ1n) is 12.0. The molecule has 1 aliphatic rings. The molecule has 1 unspecified atom stereocenters. The van der Waals surface area contributed by atoms with Crippen LogP contribution in [0.25, 0.3) is 5.69 Å². The minimum Gasteiger partial charge on any atom is -0.480 e. The summed E-state index contributed by atoms with van der Waals surface area (Å²) in [4.78, 5) is 64.4. The van der Waals surface area contributed by atoms with Gasteiger partial charge in [0.05, 0.1) is 17.8 Å². The van der Waals surface area contributed by atoms with E-state index in [0.29, 0.717) is 23.3 Å². The predicted molar refractivity (Wildman–Crippen MR) is 137 cm³/mol. The van der Waals surface area contributed by atoms with Crippen molar-refractivity contribution in [3.63, 3.8) is 0 Å². The molecule has 4 rings (SSSR count). The zero-order valence-electron chi connectivity index (χ0n) is 21.3. The number of alkyl halides is 3. The van der Waals surface area contributed by atoms with Crippen LogP contribution in [-0.2, 0) is 17.5 Å². The van der Waals surface area contributed by atoms with Crippen molar-refractivity contribution in [1.29, 1.82) is 0 Å². The minimum absolute atomic E-state index is 0.0208. The van der Waals surface area contributed by atoms with Crippen molar-refractivity contribution in [3.8, 4) is 5.69 Å². The van der Waals surface area contributed by atoms with Gasteiger partial charge in [-0.2, -0.15) is 13.2 Å². The number of carboxylic acid groups (broad SMARTS) is 1. The number of urea groups is 1. The fourth-order valence-corrected chi connectivity index (χ4v) is 4.26. The molecule has 2 aromatic carbocycles. The van der Waals surface area contributed by atoms with E-state index in [0.717, 1.165) is 22.9 Å². The lowest BCUT2D eigenvalue weighted by molar-refractivity contribution is -0.139. The zero-order valence-corrected chi connectivity index (χ0v) is 21.3. The monoisotopic (exact) mass is 559 g/mol. The molecule has 14 heteroatoms. The molecule has 3 aromatic rings. The largest absolute Gasteiger partial charge is 0.480 e. The summed E-state index contributed by atoms with van der Waals surface area (Å²) in [6, 6.07) is 7.69. The molecule has 2 heterocycles. The van der Waals surface area contributed by atoms with E-state index in [1.165, 1.54) is 36.9 Å². The van der Waals surface area contributed by atoms with Crippen molar-refractivity contribution < 1.29 is 32.7 Å². The van der Waals surface area contributed by atoms with E-state index < -0.39 is 53.0 Å². The van der Waals surface area contributed by atoms with Gasteiger partial charge in [-0.15, -0.1) is 0 Å². The number of anilines is 1. The van der Waals surface area contributed by atoms with E-state index in [-0.39, 0.29) is 22.8 Å². The van der Waals surface area contributed by atoms with Gasteiger partial charge in [0.25, 0.3) is 11.5 Å². The number of hydrogen-bond donors (Lipinski definition) is 3. The second-order valence-corrected chi connectivity index (χ2v) is 9.11. The Morgan fingerprint density at radius 3 is 2.30 bits per heavy atom. The minimum atomic E-state index is -4.67. The van der Waals surface area contributed by atoms with E-state index in [4.69, 9.17) is 5.11 Å². The number of halogens is 3. The van der Waals surface area contributed by atoms with Crippen LogP contribution in [-0.4, -0.2) is 51.3 Å². The highest BCUT2D eigenvalue weighted by atomic mass is 19.4. The Kier molecular flexibility index (Phi) is 7.53. The van der Waals surface area contributed by atoms with Crippen LogP contribution < -0.4 is 26.8 Å². The van der Waals surface area contributed by atoms with Crippen molar-refractivity contribution in [1.82, 2.24) is 19.8 Å². The lowest BCUT2D eigenvalue weighted by Gasteiger charge is -2.18. The summed E-state index contributed by atoms with van der Waals surface area (Å²) in [5.41, 5.74) is -3.07. The second-order valence-electron chi connectivity index (χ2n) is 9.11. The van der Waals surface area contributed by atoms with Gasteiger partial charge in [0, 0.05) is 25.0 Å². The molecular formula is C26H24F3N5O6. The van der Waals surface area contributed by atoms with Gasteiger partial charge in [0.15, 0.2) is 0 Å². The normalized spacial score (nSPS) is 14.1. The molecule has 0 spiro atoms. The number of carbonyl (C=O) groups is 3. The molecule has 1 aliphatic heterocycles. The first-order valence-corrected chi connectivity index (χ1v) is 12.0. The van der Waals surface area contributed by atoms with E-state index in [1.54, 1.807) is 12.1 Å². The Morgan fingerprint density at radius 1 is 1.07 bits per heavy atom. The fraction of sp³-hybridized carbons (Fsp3) is 0.269. The summed E-state index contributed by atoms with van der Waals surface area (Å²) in [5, 5.41) is 14.0. The number of rotatable bonds is 7. The lowest BCUT2D eigenvalue weighted by Crippen LogP contribution is -2.46. The Labute approximate surface area is 224 Å². The Morgan fingerprint density at radius 2 is 1.73 bits per heavy atom. The summed E-state index contributed by atoms with van der Waals surface area (Å²) in [5.74, 6) is -2.46. The van der Waals surface area contributed by atoms with Gasteiger partial charge in [-0.25, -0.2) is 9.59 Å². The van der Waals surface area contributed by atoms with Gasteiger partial charge in [-0.1, -0.05) is 12.1 Å². The van der Waals surface area contributed by atoms with Crippen LogP contribution in [0.2, 0.25) is 0 Å². The Hall–Kier alpha value is -4.88. The smallest absolute Gasteiger partial charge is 0.416 e. The molecule has 3 amide bonds. The first kappa shape index (κ1) is 28.1. The van der Waals surface area contributed by atoms with Crippen molar-refractivity contribution in [2.24, 2.45) is 0 Å². The quantitative estimate of drug-likeness (QED) is 0.405. The SMILES string of the molecule is Cc1c(Cn2c(=O)c(C(=O)NC(C)C(=O)O)cn(-c3ccc(N4CCNC4=O)cc3)c2=O)cccc1C(F)(F)F. The van der Waals surface area contributed by atoms with Gasteiger partial charge in [0.1, 0.15) is 11.6 Å². The summed E-state index contributed by atoms with van der Waals surface area (Å²) in [7, 11) is 0. The van der Waals surface area contributed by atoms with Crippen LogP contribution in [0.3, 0.4) is 0 Å². The van der Waals surface area contributed by atoms with Crippen molar-refractivity contribution in [3.05, 3.63) is 91.8 Å². The molecule has 1 atom stereocenters. The summed E-state index contributed by atoms with van der Waals surface area (Å²) in [6.45, 7) is 2.67. The Balaban J connectivity index is 1.85. The highest BCUT2D eigenvalue weighted by Gasteiger charge is 2.33. The van der Waals surface area contributed by atoms with Crippen LogP contribution in [0.4, 0.5) is 23.7 Å². The maximum atomic E-state index is 13.5. The average Bonchev–Trinajstić information content (AvgIpc) is 3.32. The standard InChI is InChI=1S/C26H24F3N5O6/c1-14-16(4-3-5-20(14)26(27,28)29)12-34-22(36)19(21(35)31-15(2)23(37)38)13-33(25(34)40)18-8-6-17(7-9-18)32-11-10-30-24(32)39/h3-9,13,15H,10-12H2,1-2H3,(H,30,39)(H,31,35)(H,37,38). The highest BCUT2D eigenvalue weighted by molar-refractivity contribution is 5.96. The first-order chi connectivity index (χ1) is 18.8. The molecule has 11 nitrogen and oxygen atoms in total.